The largest absolute Gasteiger partial charge is 0.480 e. The first-order valence-corrected chi connectivity index (χ1v) is 6.64. The van der Waals surface area contributed by atoms with E-state index in [4.69, 9.17) is 5.11 Å². The number of nitrogens with one attached hydrogen (secondary N) is 1. The van der Waals surface area contributed by atoms with Crippen molar-refractivity contribution in [3.05, 3.63) is 0 Å². The Balaban J connectivity index is 1.90. The number of carbonyl (C=O) groups is 2. The van der Waals surface area contributed by atoms with Crippen LogP contribution in [0, 0.1) is 0 Å². The van der Waals surface area contributed by atoms with E-state index in [-0.39, 0.29) is 25.0 Å². The zero-order valence-electron chi connectivity index (χ0n) is 11.1. The number of hydrogen-bond donors (Lipinski definition) is 3. The second-order valence-corrected chi connectivity index (χ2v) is 5.42. The van der Waals surface area contributed by atoms with Gasteiger partial charge in [-0.2, -0.15) is 0 Å². The number of nitrogens with zero attached hydrogens (tertiary/aromatic N) is 2. The van der Waals surface area contributed by atoms with Gasteiger partial charge in [-0.1, -0.05) is 0 Å². The third-order valence-electron chi connectivity index (χ3n) is 3.87. The normalized spacial score (nSPS) is 29.5. The van der Waals surface area contributed by atoms with E-state index in [1.165, 1.54) is 4.90 Å². The van der Waals surface area contributed by atoms with Crippen LogP contribution >= 0.6 is 0 Å². The lowest BCUT2D eigenvalue weighted by Crippen LogP contribution is -2.51. The van der Waals surface area contributed by atoms with Gasteiger partial charge in [-0.15, -0.1) is 0 Å². The summed E-state index contributed by atoms with van der Waals surface area (Å²) in [5.74, 6) is -1.06. The molecule has 2 saturated heterocycles. The van der Waals surface area contributed by atoms with E-state index in [2.05, 4.69) is 10.2 Å². The van der Waals surface area contributed by atoms with E-state index in [1.54, 1.807) is 0 Å². The highest BCUT2D eigenvalue weighted by Gasteiger charge is 2.39. The molecular weight excluding hydrogens is 250 g/mol. The topological polar surface area (TPSA) is 93.1 Å². The number of aliphatic hydroxyl groups is 1. The summed E-state index contributed by atoms with van der Waals surface area (Å²) < 4.78 is 0. The third kappa shape index (κ3) is 3.36. The van der Waals surface area contributed by atoms with Gasteiger partial charge in [0.25, 0.3) is 0 Å². The molecule has 108 valence electrons. The molecule has 2 rings (SSSR count). The molecule has 2 unspecified atom stereocenters. The molecule has 2 amide bonds. The molecule has 0 spiro atoms. The van der Waals surface area contributed by atoms with Crippen LogP contribution in [0.2, 0.25) is 0 Å². The van der Waals surface area contributed by atoms with Crippen molar-refractivity contribution in [1.29, 1.82) is 0 Å². The average Bonchev–Trinajstić information content (AvgIpc) is 2.74. The lowest BCUT2D eigenvalue weighted by molar-refractivity contribution is -0.141. The fourth-order valence-corrected chi connectivity index (χ4v) is 2.68. The molecule has 2 fully saturated rings. The molecule has 0 saturated carbocycles. The van der Waals surface area contributed by atoms with E-state index in [0.29, 0.717) is 0 Å². The van der Waals surface area contributed by atoms with Crippen LogP contribution in [-0.2, 0) is 4.79 Å². The number of aliphatic hydroxyl groups excluding tert-OH is 1. The predicted octanol–water partition coefficient (Wildman–Crippen LogP) is -0.690. The van der Waals surface area contributed by atoms with Crippen LogP contribution in [0.5, 0.6) is 0 Å². The maximum Gasteiger partial charge on any atom is 0.326 e. The lowest BCUT2D eigenvalue weighted by Gasteiger charge is -2.31. The van der Waals surface area contributed by atoms with Gasteiger partial charge >= 0.3 is 12.0 Å². The number of aliphatic carboxylic acids is 1. The van der Waals surface area contributed by atoms with Crippen molar-refractivity contribution in [3.63, 3.8) is 0 Å². The van der Waals surface area contributed by atoms with Crippen LogP contribution in [0.1, 0.15) is 19.3 Å². The minimum Gasteiger partial charge on any atom is -0.480 e. The molecule has 2 atom stereocenters. The second-order valence-electron chi connectivity index (χ2n) is 5.42. The fourth-order valence-electron chi connectivity index (χ4n) is 2.68. The number of amides is 2. The molecule has 0 aromatic carbocycles. The van der Waals surface area contributed by atoms with E-state index in [9.17, 15) is 14.7 Å². The average molecular weight is 271 g/mol. The van der Waals surface area contributed by atoms with Crippen molar-refractivity contribution < 1.29 is 19.8 Å². The maximum absolute atomic E-state index is 12.1. The van der Waals surface area contributed by atoms with Gasteiger partial charge < -0.3 is 25.3 Å². The highest BCUT2D eigenvalue weighted by molar-refractivity contribution is 5.83. The quantitative estimate of drug-likeness (QED) is 0.618. The first-order chi connectivity index (χ1) is 8.97. The van der Waals surface area contributed by atoms with Gasteiger partial charge in [0, 0.05) is 19.0 Å². The van der Waals surface area contributed by atoms with Gasteiger partial charge in [-0.3, -0.25) is 0 Å². The number of carboxylic acid groups (broad SMARTS) is 1. The molecule has 0 aromatic rings. The molecule has 0 bridgehead atoms. The molecule has 3 N–H and O–H groups in total. The third-order valence-corrected chi connectivity index (χ3v) is 3.87. The molecule has 2 aliphatic rings. The monoisotopic (exact) mass is 271 g/mol. The van der Waals surface area contributed by atoms with E-state index >= 15 is 0 Å². The summed E-state index contributed by atoms with van der Waals surface area (Å²) in [4.78, 5) is 26.6. The summed E-state index contributed by atoms with van der Waals surface area (Å²) in [6.45, 7) is 1.95. The Labute approximate surface area is 112 Å². The number of urea groups is 1. The Morgan fingerprint density at radius 3 is 2.47 bits per heavy atom. The lowest BCUT2D eigenvalue weighted by atomic mass is 10.1. The van der Waals surface area contributed by atoms with Crippen molar-refractivity contribution in [2.24, 2.45) is 0 Å². The summed E-state index contributed by atoms with van der Waals surface area (Å²) in [5.41, 5.74) is 0. The molecule has 0 aromatic heterocycles. The van der Waals surface area contributed by atoms with Gasteiger partial charge in [0.15, 0.2) is 0 Å². The Hall–Kier alpha value is -1.34. The van der Waals surface area contributed by atoms with Gasteiger partial charge in [0.1, 0.15) is 6.04 Å². The van der Waals surface area contributed by atoms with Crippen molar-refractivity contribution in [2.75, 3.05) is 26.7 Å². The first-order valence-electron chi connectivity index (χ1n) is 6.64. The Bertz CT molecular complexity index is 355. The van der Waals surface area contributed by atoms with E-state index in [1.807, 2.05) is 7.05 Å². The van der Waals surface area contributed by atoms with Crippen LogP contribution in [0.4, 0.5) is 4.79 Å². The molecule has 0 radical (unpaired) electrons. The first kappa shape index (κ1) is 14.1. The zero-order chi connectivity index (χ0) is 14.0. The van der Waals surface area contributed by atoms with Crippen molar-refractivity contribution >= 4 is 12.0 Å². The maximum atomic E-state index is 12.1. The summed E-state index contributed by atoms with van der Waals surface area (Å²) in [6.07, 6.45) is 1.10. The van der Waals surface area contributed by atoms with Crippen molar-refractivity contribution in [3.8, 4) is 0 Å². The number of piperidine rings is 1. The minimum absolute atomic E-state index is 0.0927. The van der Waals surface area contributed by atoms with Crippen LogP contribution in [-0.4, -0.2) is 76.9 Å². The summed E-state index contributed by atoms with van der Waals surface area (Å²) in [6, 6.07) is -1.20. The summed E-state index contributed by atoms with van der Waals surface area (Å²) >= 11 is 0. The number of hydrogen-bond acceptors (Lipinski definition) is 4. The highest BCUT2D eigenvalue weighted by atomic mass is 16.4. The molecule has 7 heteroatoms. The zero-order valence-corrected chi connectivity index (χ0v) is 11.1. The molecule has 7 nitrogen and oxygen atoms in total. The number of rotatable bonds is 2. The highest BCUT2D eigenvalue weighted by Crippen LogP contribution is 2.19. The second kappa shape index (κ2) is 5.75. The van der Waals surface area contributed by atoms with Crippen molar-refractivity contribution in [2.45, 2.75) is 37.5 Å². The Kier molecular flexibility index (Phi) is 4.26. The number of carbonyl (C=O) groups excluding carboxylic acids is 1. The number of β-amino-alcohol motifs (C(OH)–C–C–N with tert-alkyl or cyclic N) is 1. The van der Waals surface area contributed by atoms with Crippen LogP contribution in [0.3, 0.4) is 0 Å². The van der Waals surface area contributed by atoms with Gasteiger partial charge in [0.05, 0.1) is 6.10 Å². The van der Waals surface area contributed by atoms with Crippen molar-refractivity contribution in [1.82, 2.24) is 15.1 Å². The SMILES string of the molecule is CN1CCC(NC(=O)N2CC(O)CC2C(=O)O)CC1. The van der Waals surface area contributed by atoms with Crippen LogP contribution in [0.25, 0.3) is 0 Å². The van der Waals surface area contributed by atoms with Crippen LogP contribution < -0.4 is 5.32 Å². The smallest absolute Gasteiger partial charge is 0.326 e. The Morgan fingerprint density at radius 1 is 1.26 bits per heavy atom. The molecule has 0 aliphatic carbocycles. The van der Waals surface area contributed by atoms with Gasteiger partial charge in [0.2, 0.25) is 0 Å². The predicted molar refractivity (Wildman–Crippen MR) is 67.8 cm³/mol. The van der Waals surface area contributed by atoms with Crippen LogP contribution in [0.15, 0.2) is 0 Å². The van der Waals surface area contributed by atoms with Gasteiger partial charge in [-0.25, -0.2) is 9.59 Å². The molecule has 2 aliphatic heterocycles. The minimum atomic E-state index is -1.06. The standard InChI is InChI=1S/C12H21N3O4/c1-14-4-2-8(3-5-14)13-12(19)15-7-9(16)6-10(15)11(17)18/h8-10,16H,2-7H2,1H3,(H,13,19)(H,17,18). The molecule has 2 heterocycles. The summed E-state index contributed by atoms with van der Waals surface area (Å²) in [5, 5.41) is 21.4. The molecular formula is C12H21N3O4. The number of likely N-dealkylation sites (tertiary alicyclic amines) is 2. The van der Waals surface area contributed by atoms with Gasteiger partial charge in [-0.05, 0) is 33.0 Å². The fraction of sp³-hybridized carbons (Fsp3) is 0.833. The van der Waals surface area contributed by atoms with E-state index in [0.717, 1.165) is 25.9 Å². The summed E-state index contributed by atoms with van der Waals surface area (Å²) in [7, 11) is 2.04. The van der Waals surface area contributed by atoms with E-state index < -0.39 is 18.1 Å². The molecule has 19 heavy (non-hydrogen) atoms. The Morgan fingerprint density at radius 2 is 1.89 bits per heavy atom. The number of carboxylic acids is 1.